The van der Waals surface area contributed by atoms with E-state index < -0.39 is 0 Å². The summed E-state index contributed by atoms with van der Waals surface area (Å²) < 4.78 is 0. The Morgan fingerprint density at radius 2 is 1.94 bits per heavy atom. The summed E-state index contributed by atoms with van der Waals surface area (Å²) in [6, 6.07) is 9.20. The molecule has 2 nitrogen and oxygen atoms in total. The highest BCUT2D eigenvalue weighted by atomic mass is 15.1. The third-order valence-electron chi connectivity index (χ3n) is 4.16. The molecular formula is C15H24N2. The summed E-state index contributed by atoms with van der Waals surface area (Å²) in [5.74, 6) is 0.791. The van der Waals surface area contributed by atoms with E-state index in [2.05, 4.69) is 43.1 Å². The number of anilines is 1. The lowest BCUT2D eigenvalue weighted by atomic mass is 9.84. The molecule has 0 heterocycles. The number of rotatable bonds is 3. The lowest BCUT2D eigenvalue weighted by Gasteiger charge is -2.38. The first-order chi connectivity index (χ1) is 8.24. The van der Waals surface area contributed by atoms with Crippen molar-refractivity contribution in [1.29, 1.82) is 0 Å². The Morgan fingerprint density at radius 1 is 1.24 bits per heavy atom. The minimum absolute atomic E-state index is 0.627. The number of nitrogens with two attached hydrogens (primary N) is 1. The summed E-state index contributed by atoms with van der Waals surface area (Å²) in [4.78, 5) is 2.45. The summed E-state index contributed by atoms with van der Waals surface area (Å²) in [6.07, 6.45) is 5.44. The first-order valence-electron chi connectivity index (χ1n) is 6.75. The van der Waals surface area contributed by atoms with Gasteiger partial charge in [-0.2, -0.15) is 0 Å². The van der Waals surface area contributed by atoms with Gasteiger partial charge in [-0.1, -0.05) is 38.0 Å². The van der Waals surface area contributed by atoms with E-state index in [0.717, 1.165) is 5.92 Å². The van der Waals surface area contributed by atoms with E-state index in [-0.39, 0.29) is 0 Å². The monoisotopic (exact) mass is 232 g/mol. The van der Waals surface area contributed by atoms with Gasteiger partial charge >= 0.3 is 0 Å². The maximum Gasteiger partial charge on any atom is 0.0411 e. The van der Waals surface area contributed by atoms with Crippen LogP contribution in [0.4, 0.5) is 5.69 Å². The summed E-state index contributed by atoms with van der Waals surface area (Å²) in [7, 11) is 2.22. The fourth-order valence-electron chi connectivity index (χ4n) is 3.08. The average Bonchev–Trinajstić information content (AvgIpc) is 2.38. The summed E-state index contributed by atoms with van der Waals surface area (Å²) in [6.45, 7) is 3.01. The van der Waals surface area contributed by atoms with E-state index in [1.54, 1.807) is 0 Å². The Morgan fingerprint density at radius 3 is 2.65 bits per heavy atom. The molecule has 0 aromatic heterocycles. The zero-order valence-electron chi connectivity index (χ0n) is 11.0. The van der Waals surface area contributed by atoms with Gasteiger partial charge in [0.25, 0.3) is 0 Å². The first-order valence-corrected chi connectivity index (χ1v) is 6.75. The highest BCUT2D eigenvalue weighted by molar-refractivity contribution is 5.53. The molecule has 1 aromatic rings. The molecule has 2 unspecified atom stereocenters. The van der Waals surface area contributed by atoms with Crippen LogP contribution in [0.3, 0.4) is 0 Å². The molecule has 0 amide bonds. The number of hydrogen-bond donors (Lipinski definition) is 1. The smallest absolute Gasteiger partial charge is 0.0411 e. The van der Waals surface area contributed by atoms with Gasteiger partial charge in [-0.05, 0) is 30.4 Å². The molecule has 2 heteroatoms. The molecule has 1 saturated carbocycles. The fourth-order valence-corrected chi connectivity index (χ4v) is 3.08. The fraction of sp³-hybridized carbons (Fsp3) is 0.600. The van der Waals surface area contributed by atoms with Crippen molar-refractivity contribution < 1.29 is 0 Å². The third-order valence-corrected chi connectivity index (χ3v) is 4.16. The van der Waals surface area contributed by atoms with Gasteiger partial charge in [0.05, 0.1) is 0 Å². The quantitative estimate of drug-likeness (QED) is 0.867. The predicted octanol–water partition coefficient (Wildman–Crippen LogP) is 3.16. The van der Waals surface area contributed by atoms with Crippen LogP contribution in [-0.4, -0.2) is 13.1 Å². The summed E-state index contributed by atoms with van der Waals surface area (Å²) >= 11 is 0. The van der Waals surface area contributed by atoms with E-state index in [0.29, 0.717) is 12.6 Å². The molecule has 1 aromatic carbocycles. The molecule has 2 rings (SSSR count). The van der Waals surface area contributed by atoms with Crippen molar-refractivity contribution in [1.82, 2.24) is 0 Å². The van der Waals surface area contributed by atoms with Crippen LogP contribution in [0.5, 0.6) is 0 Å². The van der Waals surface area contributed by atoms with Crippen molar-refractivity contribution >= 4 is 5.69 Å². The minimum Gasteiger partial charge on any atom is -0.371 e. The largest absolute Gasteiger partial charge is 0.371 e. The highest BCUT2D eigenvalue weighted by Crippen LogP contribution is 2.31. The van der Waals surface area contributed by atoms with Crippen LogP contribution in [-0.2, 0) is 6.54 Å². The van der Waals surface area contributed by atoms with E-state index in [1.807, 2.05) is 0 Å². The number of benzene rings is 1. The molecule has 2 N–H and O–H groups in total. The second kappa shape index (κ2) is 5.54. The normalized spacial score (nSPS) is 24.6. The molecule has 2 atom stereocenters. The van der Waals surface area contributed by atoms with Crippen LogP contribution in [0.25, 0.3) is 0 Å². The molecule has 17 heavy (non-hydrogen) atoms. The Kier molecular flexibility index (Phi) is 4.06. The Bertz CT molecular complexity index is 362. The van der Waals surface area contributed by atoms with Crippen molar-refractivity contribution in [2.75, 3.05) is 11.9 Å². The van der Waals surface area contributed by atoms with E-state index >= 15 is 0 Å². The van der Waals surface area contributed by atoms with E-state index in [1.165, 1.54) is 36.9 Å². The lowest BCUT2D eigenvalue weighted by molar-refractivity contribution is 0.321. The molecule has 0 bridgehead atoms. The first kappa shape index (κ1) is 12.4. The standard InChI is InChI=1S/C15H24N2/c1-12-7-3-5-9-14(12)17(2)15-10-6-4-8-13(15)11-16/h4,6,8,10,12,14H,3,5,7,9,11,16H2,1-2H3. The average molecular weight is 232 g/mol. The van der Waals surface area contributed by atoms with Crippen LogP contribution in [0, 0.1) is 5.92 Å². The third kappa shape index (κ3) is 2.63. The zero-order chi connectivity index (χ0) is 12.3. The summed E-state index contributed by atoms with van der Waals surface area (Å²) in [5, 5.41) is 0. The van der Waals surface area contributed by atoms with Gasteiger partial charge in [-0.3, -0.25) is 0 Å². The van der Waals surface area contributed by atoms with Crippen molar-refractivity contribution in [3.05, 3.63) is 29.8 Å². The van der Waals surface area contributed by atoms with Crippen molar-refractivity contribution in [3.63, 3.8) is 0 Å². The molecule has 1 fully saturated rings. The van der Waals surface area contributed by atoms with Crippen LogP contribution < -0.4 is 10.6 Å². The van der Waals surface area contributed by atoms with Gasteiger partial charge in [0.15, 0.2) is 0 Å². The van der Waals surface area contributed by atoms with Gasteiger partial charge < -0.3 is 10.6 Å². The van der Waals surface area contributed by atoms with Gasteiger partial charge in [-0.25, -0.2) is 0 Å². The van der Waals surface area contributed by atoms with E-state index in [9.17, 15) is 0 Å². The van der Waals surface area contributed by atoms with Crippen molar-refractivity contribution in [3.8, 4) is 0 Å². The van der Waals surface area contributed by atoms with Crippen LogP contribution in [0.2, 0.25) is 0 Å². The molecule has 0 aliphatic heterocycles. The highest BCUT2D eigenvalue weighted by Gasteiger charge is 2.25. The molecule has 94 valence electrons. The minimum atomic E-state index is 0.627. The zero-order valence-corrected chi connectivity index (χ0v) is 11.0. The van der Waals surface area contributed by atoms with Crippen LogP contribution >= 0.6 is 0 Å². The van der Waals surface area contributed by atoms with Gasteiger partial charge in [-0.15, -0.1) is 0 Å². The van der Waals surface area contributed by atoms with Crippen molar-refractivity contribution in [2.24, 2.45) is 11.7 Å². The Balaban J connectivity index is 2.20. The Hall–Kier alpha value is -1.02. The maximum atomic E-state index is 5.83. The second-order valence-corrected chi connectivity index (χ2v) is 5.27. The molecular weight excluding hydrogens is 208 g/mol. The molecule has 0 saturated heterocycles. The lowest BCUT2D eigenvalue weighted by Crippen LogP contribution is -2.39. The Labute approximate surface area is 105 Å². The van der Waals surface area contributed by atoms with Gasteiger partial charge in [0.2, 0.25) is 0 Å². The van der Waals surface area contributed by atoms with Crippen LogP contribution in [0.15, 0.2) is 24.3 Å². The van der Waals surface area contributed by atoms with E-state index in [4.69, 9.17) is 5.73 Å². The number of para-hydroxylation sites is 1. The van der Waals surface area contributed by atoms with Crippen molar-refractivity contribution in [2.45, 2.75) is 45.2 Å². The molecule has 0 spiro atoms. The number of hydrogen-bond acceptors (Lipinski definition) is 2. The second-order valence-electron chi connectivity index (χ2n) is 5.27. The molecule has 0 radical (unpaired) electrons. The SMILES string of the molecule is CC1CCCCC1N(C)c1ccccc1CN. The maximum absolute atomic E-state index is 5.83. The number of nitrogens with zero attached hydrogens (tertiary/aromatic N) is 1. The summed E-state index contributed by atoms with van der Waals surface area (Å²) in [5.41, 5.74) is 8.40. The van der Waals surface area contributed by atoms with Gasteiger partial charge in [0.1, 0.15) is 0 Å². The molecule has 1 aliphatic carbocycles. The van der Waals surface area contributed by atoms with Crippen LogP contribution in [0.1, 0.15) is 38.2 Å². The molecule has 1 aliphatic rings. The predicted molar refractivity (Wildman–Crippen MR) is 74.2 cm³/mol. The van der Waals surface area contributed by atoms with Gasteiger partial charge in [0, 0.05) is 25.3 Å². The topological polar surface area (TPSA) is 29.3 Å².